The number of nitrogens with one attached hydrogen (secondary N) is 1. The first-order valence-electron chi connectivity index (χ1n) is 8.91. The lowest BCUT2D eigenvalue weighted by molar-refractivity contribution is -0.141. The minimum atomic E-state index is -3.37. The van der Waals surface area contributed by atoms with Crippen LogP contribution in [-0.4, -0.2) is 49.4 Å². The standard InChI is InChI=1S/C18H27N2O6P/c1-18(2)13-25-27(23,12-4-5-14-6-9-19-10-7-14)26-16(18)17(22)20-11-8-15(21)24-3/h6-7,9-10,16H,4-5,8,11-13H2,1-3H3,(H,20,22)/t16-,27?/m0/s1. The van der Waals surface area contributed by atoms with Gasteiger partial charge in [-0.15, -0.1) is 0 Å². The maximum atomic E-state index is 12.9. The molecule has 0 aromatic carbocycles. The van der Waals surface area contributed by atoms with Crippen molar-refractivity contribution in [1.29, 1.82) is 0 Å². The Hall–Kier alpha value is -1.76. The highest BCUT2D eigenvalue weighted by atomic mass is 31.2. The fourth-order valence-corrected chi connectivity index (χ4v) is 4.78. The SMILES string of the molecule is COC(=O)CCNC(=O)[C@@H]1OP(=O)(CCCc2ccncc2)OCC1(C)C. The summed E-state index contributed by atoms with van der Waals surface area (Å²) in [6.45, 7) is 3.93. The quantitative estimate of drug-likeness (QED) is 0.529. The number of carbonyl (C=O) groups is 2. The summed E-state index contributed by atoms with van der Waals surface area (Å²) in [6, 6.07) is 3.80. The van der Waals surface area contributed by atoms with Crippen LogP contribution in [-0.2, 0) is 34.4 Å². The van der Waals surface area contributed by atoms with Gasteiger partial charge >= 0.3 is 13.6 Å². The van der Waals surface area contributed by atoms with Crippen molar-refractivity contribution in [3.63, 3.8) is 0 Å². The molecule has 1 aliphatic rings. The van der Waals surface area contributed by atoms with Crippen molar-refractivity contribution in [2.24, 2.45) is 5.41 Å². The van der Waals surface area contributed by atoms with Gasteiger partial charge in [0.05, 0.1) is 26.3 Å². The van der Waals surface area contributed by atoms with Crippen LogP contribution in [0.4, 0.5) is 0 Å². The Morgan fingerprint density at radius 2 is 2.07 bits per heavy atom. The minimum Gasteiger partial charge on any atom is -0.469 e. The number of hydrogen-bond acceptors (Lipinski definition) is 7. The van der Waals surface area contributed by atoms with Crippen LogP contribution in [0.5, 0.6) is 0 Å². The fourth-order valence-electron chi connectivity index (χ4n) is 2.70. The number of rotatable bonds is 8. The van der Waals surface area contributed by atoms with Gasteiger partial charge in [-0.2, -0.15) is 0 Å². The molecular weight excluding hydrogens is 371 g/mol. The lowest BCUT2D eigenvalue weighted by Crippen LogP contribution is -2.50. The molecule has 1 N–H and O–H groups in total. The van der Waals surface area contributed by atoms with Gasteiger partial charge in [-0.1, -0.05) is 13.8 Å². The molecule has 1 aliphatic heterocycles. The van der Waals surface area contributed by atoms with E-state index in [0.29, 0.717) is 6.42 Å². The second-order valence-corrected chi connectivity index (χ2v) is 9.30. The van der Waals surface area contributed by atoms with E-state index in [9.17, 15) is 14.2 Å². The number of aromatic nitrogens is 1. The van der Waals surface area contributed by atoms with E-state index in [0.717, 1.165) is 12.0 Å². The number of ether oxygens (including phenoxy) is 1. The molecule has 0 saturated carbocycles. The Labute approximate surface area is 159 Å². The molecule has 1 fully saturated rings. The molecule has 0 radical (unpaired) electrons. The van der Waals surface area contributed by atoms with Gasteiger partial charge in [0, 0.05) is 24.4 Å². The summed E-state index contributed by atoms with van der Waals surface area (Å²) >= 11 is 0. The molecule has 150 valence electrons. The van der Waals surface area contributed by atoms with E-state index in [-0.39, 0.29) is 25.7 Å². The Bertz CT molecular complexity index is 694. The van der Waals surface area contributed by atoms with Crippen LogP contribution >= 0.6 is 7.60 Å². The monoisotopic (exact) mass is 398 g/mol. The van der Waals surface area contributed by atoms with Crippen molar-refractivity contribution in [3.05, 3.63) is 30.1 Å². The zero-order valence-electron chi connectivity index (χ0n) is 16.0. The maximum absolute atomic E-state index is 12.9. The van der Waals surface area contributed by atoms with E-state index in [1.165, 1.54) is 7.11 Å². The molecule has 0 aliphatic carbocycles. The fraction of sp³-hybridized carbons (Fsp3) is 0.611. The summed E-state index contributed by atoms with van der Waals surface area (Å²) < 4.78 is 28.7. The van der Waals surface area contributed by atoms with Crippen molar-refractivity contribution in [2.45, 2.75) is 39.2 Å². The summed E-state index contributed by atoms with van der Waals surface area (Å²) in [5.74, 6) is -0.814. The average Bonchev–Trinajstić information content (AvgIpc) is 2.64. The van der Waals surface area contributed by atoms with Gasteiger partial charge in [0.1, 0.15) is 0 Å². The number of amides is 1. The van der Waals surface area contributed by atoms with E-state index in [2.05, 4.69) is 15.0 Å². The van der Waals surface area contributed by atoms with Crippen LogP contribution in [0.2, 0.25) is 0 Å². The first-order chi connectivity index (χ1) is 12.8. The Morgan fingerprint density at radius 1 is 1.37 bits per heavy atom. The van der Waals surface area contributed by atoms with Gasteiger partial charge in [0.25, 0.3) is 0 Å². The molecule has 2 atom stereocenters. The van der Waals surface area contributed by atoms with Crippen LogP contribution in [0.3, 0.4) is 0 Å². The van der Waals surface area contributed by atoms with E-state index < -0.39 is 31.0 Å². The zero-order valence-corrected chi connectivity index (χ0v) is 16.9. The van der Waals surface area contributed by atoms with Crippen molar-refractivity contribution >= 4 is 19.5 Å². The first kappa shape index (κ1) is 21.5. The first-order valence-corrected chi connectivity index (χ1v) is 10.6. The summed E-state index contributed by atoms with van der Waals surface area (Å²) in [5.41, 5.74) is 0.458. The molecule has 1 saturated heterocycles. The molecule has 8 nitrogen and oxygen atoms in total. The molecule has 1 aromatic rings. The van der Waals surface area contributed by atoms with Gasteiger partial charge in [0.15, 0.2) is 6.10 Å². The second-order valence-electron chi connectivity index (χ2n) is 7.16. The third-order valence-electron chi connectivity index (χ3n) is 4.35. The van der Waals surface area contributed by atoms with Gasteiger partial charge in [-0.05, 0) is 30.5 Å². The zero-order chi connectivity index (χ0) is 19.9. The molecular formula is C18H27N2O6P. The lowest BCUT2D eigenvalue weighted by atomic mass is 9.87. The largest absolute Gasteiger partial charge is 0.469 e. The van der Waals surface area contributed by atoms with Crippen molar-refractivity contribution in [2.75, 3.05) is 26.4 Å². The van der Waals surface area contributed by atoms with E-state index in [1.807, 2.05) is 26.0 Å². The summed E-state index contributed by atoms with van der Waals surface area (Å²) in [7, 11) is -2.08. The van der Waals surface area contributed by atoms with Crippen LogP contribution in [0.25, 0.3) is 0 Å². The number of aryl methyl sites for hydroxylation is 1. The molecule has 0 spiro atoms. The van der Waals surface area contributed by atoms with Gasteiger partial charge < -0.3 is 14.6 Å². The summed E-state index contributed by atoms with van der Waals surface area (Å²) in [4.78, 5) is 27.6. The molecule has 2 heterocycles. The van der Waals surface area contributed by atoms with Crippen molar-refractivity contribution < 1.29 is 27.9 Å². The second kappa shape index (κ2) is 9.44. The maximum Gasteiger partial charge on any atom is 0.331 e. The van der Waals surface area contributed by atoms with Gasteiger partial charge in [0.2, 0.25) is 5.91 Å². The lowest BCUT2D eigenvalue weighted by Gasteiger charge is -2.40. The number of hydrogen-bond donors (Lipinski definition) is 1. The smallest absolute Gasteiger partial charge is 0.331 e. The average molecular weight is 398 g/mol. The Morgan fingerprint density at radius 3 is 2.74 bits per heavy atom. The van der Waals surface area contributed by atoms with Gasteiger partial charge in [-0.25, -0.2) is 0 Å². The normalized spacial score (nSPS) is 24.2. The van der Waals surface area contributed by atoms with Crippen LogP contribution in [0.15, 0.2) is 24.5 Å². The number of nitrogens with zero attached hydrogens (tertiary/aromatic N) is 1. The summed E-state index contributed by atoms with van der Waals surface area (Å²) in [6.07, 6.45) is 4.14. The predicted molar refractivity (Wildman–Crippen MR) is 99.3 cm³/mol. The number of carbonyl (C=O) groups excluding carboxylic acids is 2. The third kappa shape index (κ3) is 6.41. The Kier molecular flexibility index (Phi) is 7.53. The van der Waals surface area contributed by atoms with Gasteiger partial charge in [-0.3, -0.25) is 23.7 Å². The highest BCUT2D eigenvalue weighted by Crippen LogP contribution is 2.56. The molecule has 9 heteroatoms. The van der Waals surface area contributed by atoms with E-state index >= 15 is 0 Å². The van der Waals surface area contributed by atoms with Crippen molar-refractivity contribution in [1.82, 2.24) is 10.3 Å². The van der Waals surface area contributed by atoms with Crippen LogP contribution in [0, 0.1) is 5.41 Å². The minimum absolute atomic E-state index is 0.0650. The molecule has 1 amide bonds. The highest BCUT2D eigenvalue weighted by molar-refractivity contribution is 7.53. The molecule has 1 unspecified atom stereocenters. The topological polar surface area (TPSA) is 104 Å². The third-order valence-corrected chi connectivity index (χ3v) is 6.27. The number of methoxy groups -OCH3 is 1. The Balaban J connectivity index is 1.91. The summed E-state index contributed by atoms with van der Waals surface area (Å²) in [5, 5.41) is 2.64. The molecule has 27 heavy (non-hydrogen) atoms. The molecule has 2 rings (SSSR count). The highest BCUT2D eigenvalue weighted by Gasteiger charge is 2.47. The van der Waals surface area contributed by atoms with E-state index in [4.69, 9.17) is 9.05 Å². The van der Waals surface area contributed by atoms with Crippen LogP contribution in [0.1, 0.15) is 32.3 Å². The van der Waals surface area contributed by atoms with Crippen LogP contribution < -0.4 is 5.32 Å². The molecule has 1 aromatic heterocycles. The number of esters is 1. The predicted octanol–water partition coefficient (Wildman–Crippen LogP) is 2.33. The number of pyridine rings is 1. The van der Waals surface area contributed by atoms with Crippen molar-refractivity contribution in [3.8, 4) is 0 Å². The molecule has 0 bridgehead atoms. The van der Waals surface area contributed by atoms with E-state index in [1.54, 1.807) is 12.4 Å².